The van der Waals surface area contributed by atoms with Gasteiger partial charge >= 0.3 is 6.01 Å². The standard InChI is InChI=1S/C35H32ClF4N7O2S/c36-22-11-19-27(26(38)25(22)18-3-4-23(37)28-24(18)20(13-41)29(42)50-28)43-32(49-17-34-5-1-8-47(34)9-2-6-34)44-30(19)46-15-33(16-46)7-10-45(14-33)31(48)21-12-35(21,39)40/h3-4,11,21H,1-2,5-10,12,14-17,42H2. The van der Waals surface area contributed by atoms with E-state index in [0.717, 1.165) is 50.1 Å². The number of amides is 1. The summed E-state index contributed by atoms with van der Waals surface area (Å²) in [6.45, 7) is 4.07. The monoisotopic (exact) mass is 725 g/mol. The predicted octanol–water partition coefficient (Wildman–Crippen LogP) is 6.60. The fourth-order valence-corrected chi connectivity index (χ4v) is 10.1. The van der Waals surface area contributed by atoms with E-state index in [0.29, 0.717) is 50.4 Å². The maximum Gasteiger partial charge on any atom is 0.319 e. The zero-order valence-corrected chi connectivity index (χ0v) is 28.4. The number of carbonyl (C=O) groups is 1. The van der Waals surface area contributed by atoms with Crippen molar-refractivity contribution in [1.82, 2.24) is 19.8 Å². The number of nitriles is 1. The molecule has 2 N–H and O–H groups in total. The average Bonchev–Trinajstić information content (AvgIpc) is 3.58. The third-order valence-corrected chi connectivity index (χ3v) is 12.9. The molecule has 6 heterocycles. The van der Waals surface area contributed by atoms with E-state index in [-0.39, 0.29) is 59.3 Å². The molecule has 5 fully saturated rings. The van der Waals surface area contributed by atoms with Crippen molar-refractivity contribution in [3.8, 4) is 23.2 Å². The Kier molecular flexibility index (Phi) is 7.06. The predicted molar refractivity (Wildman–Crippen MR) is 182 cm³/mol. The normalized spacial score (nSPS) is 23.1. The molecule has 1 amide bonds. The van der Waals surface area contributed by atoms with Gasteiger partial charge in [-0.05, 0) is 62.9 Å². The van der Waals surface area contributed by atoms with Gasteiger partial charge in [-0.3, -0.25) is 9.69 Å². The number of nitrogen functional groups attached to an aromatic ring is 1. The number of aromatic nitrogens is 2. The molecule has 2 aromatic heterocycles. The first-order chi connectivity index (χ1) is 23.9. The Morgan fingerprint density at radius 1 is 1.12 bits per heavy atom. The third-order valence-electron chi connectivity index (χ3n) is 11.5. The van der Waals surface area contributed by atoms with Crippen LogP contribution in [-0.4, -0.2) is 83.0 Å². The fourth-order valence-electron chi connectivity index (χ4n) is 8.88. The molecule has 4 aromatic rings. The minimum atomic E-state index is -2.92. The van der Waals surface area contributed by atoms with Crippen molar-refractivity contribution in [3.05, 3.63) is 40.4 Å². The van der Waals surface area contributed by atoms with Gasteiger partial charge in [0.2, 0.25) is 5.91 Å². The number of anilines is 2. The molecule has 1 aliphatic carbocycles. The molecule has 9 nitrogen and oxygen atoms in total. The van der Waals surface area contributed by atoms with Crippen LogP contribution >= 0.6 is 22.9 Å². The number of carbonyl (C=O) groups excluding carboxylic acids is 1. The van der Waals surface area contributed by atoms with E-state index in [1.54, 1.807) is 11.0 Å². The number of likely N-dealkylation sites (tertiary alicyclic amines) is 1. The molecule has 4 aliphatic heterocycles. The zero-order chi connectivity index (χ0) is 34.7. The molecule has 1 atom stereocenters. The smallest absolute Gasteiger partial charge is 0.319 e. The quantitative estimate of drug-likeness (QED) is 0.222. The molecule has 0 bridgehead atoms. The molecule has 5 aliphatic rings. The van der Waals surface area contributed by atoms with Crippen molar-refractivity contribution >= 4 is 60.7 Å². The van der Waals surface area contributed by atoms with Gasteiger partial charge < -0.3 is 20.3 Å². The maximum absolute atomic E-state index is 17.0. The van der Waals surface area contributed by atoms with Gasteiger partial charge in [0.15, 0.2) is 5.82 Å². The van der Waals surface area contributed by atoms with Crippen LogP contribution in [0.4, 0.5) is 28.4 Å². The lowest BCUT2D eigenvalue weighted by molar-refractivity contribution is -0.134. The number of hydrogen-bond donors (Lipinski definition) is 1. The van der Waals surface area contributed by atoms with E-state index in [1.165, 1.54) is 12.1 Å². The minimum Gasteiger partial charge on any atom is -0.461 e. The number of fused-ring (bicyclic) bond motifs is 3. The second kappa shape index (κ2) is 11.0. The molecule has 2 aromatic carbocycles. The van der Waals surface area contributed by atoms with E-state index in [1.807, 2.05) is 11.0 Å². The molecular formula is C35H32ClF4N7O2S. The summed E-state index contributed by atoms with van der Waals surface area (Å²) in [5.41, 5.74) is 5.80. The van der Waals surface area contributed by atoms with E-state index in [4.69, 9.17) is 27.1 Å². The van der Waals surface area contributed by atoms with Crippen LogP contribution in [0.5, 0.6) is 6.01 Å². The summed E-state index contributed by atoms with van der Waals surface area (Å²) in [4.78, 5) is 28.1. The number of rotatable bonds is 6. The van der Waals surface area contributed by atoms with Crippen molar-refractivity contribution in [3.63, 3.8) is 0 Å². The Bertz CT molecular complexity index is 2160. The van der Waals surface area contributed by atoms with Crippen LogP contribution < -0.4 is 15.4 Å². The van der Waals surface area contributed by atoms with Gasteiger partial charge in [-0.25, -0.2) is 17.6 Å². The highest BCUT2D eigenvalue weighted by Crippen LogP contribution is 2.52. The highest BCUT2D eigenvalue weighted by Gasteiger charge is 2.63. The minimum absolute atomic E-state index is 0.00897. The van der Waals surface area contributed by atoms with Gasteiger partial charge in [-0.15, -0.1) is 11.3 Å². The summed E-state index contributed by atoms with van der Waals surface area (Å²) in [6, 6.07) is 6.19. The molecule has 50 heavy (non-hydrogen) atoms. The molecule has 9 rings (SSSR count). The van der Waals surface area contributed by atoms with E-state index in [2.05, 4.69) is 9.88 Å². The van der Waals surface area contributed by atoms with Crippen molar-refractivity contribution in [2.45, 2.75) is 50.0 Å². The molecule has 260 valence electrons. The second-order valence-electron chi connectivity index (χ2n) is 14.6. The number of nitrogens with zero attached hydrogens (tertiary/aromatic N) is 6. The Morgan fingerprint density at radius 3 is 2.56 bits per heavy atom. The largest absolute Gasteiger partial charge is 0.461 e. The molecule has 1 unspecified atom stereocenters. The summed E-state index contributed by atoms with van der Waals surface area (Å²) in [6.07, 6.45) is 4.38. The summed E-state index contributed by atoms with van der Waals surface area (Å²) >= 11 is 7.75. The summed E-state index contributed by atoms with van der Waals surface area (Å²) in [5, 5.41) is 10.5. The van der Waals surface area contributed by atoms with Crippen LogP contribution in [0.25, 0.3) is 32.1 Å². The van der Waals surface area contributed by atoms with Gasteiger partial charge in [-0.2, -0.15) is 15.2 Å². The van der Waals surface area contributed by atoms with E-state index >= 15 is 4.39 Å². The van der Waals surface area contributed by atoms with Gasteiger partial charge in [0.1, 0.15) is 40.7 Å². The molecular weight excluding hydrogens is 694 g/mol. The summed E-state index contributed by atoms with van der Waals surface area (Å²) in [7, 11) is 0. The lowest BCUT2D eigenvalue weighted by atomic mass is 9.79. The first-order valence-electron chi connectivity index (χ1n) is 16.8. The summed E-state index contributed by atoms with van der Waals surface area (Å²) < 4.78 is 65.7. The van der Waals surface area contributed by atoms with Crippen LogP contribution in [-0.2, 0) is 4.79 Å². The van der Waals surface area contributed by atoms with Crippen LogP contribution in [0.15, 0.2) is 18.2 Å². The first-order valence-corrected chi connectivity index (χ1v) is 18.0. The molecule has 4 saturated heterocycles. The van der Waals surface area contributed by atoms with Crippen LogP contribution in [0.2, 0.25) is 5.02 Å². The highest BCUT2D eigenvalue weighted by atomic mass is 35.5. The lowest BCUT2D eigenvalue weighted by Crippen LogP contribution is -2.58. The third kappa shape index (κ3) is 4.76. The van der Waals surface area contributed by atoms with Crippen LogP contribution in [0.3, 0.4) is 0 Å². The van der Waals surface area contributed by atoms with Gasteiger partial charge in [-0.1, -0.05) is 17.7 Å². The van der Waals surface area contributed by atoms with Crippen molar-refractivity contribution in [1.29, 1.82) is 5.26 Å². The van der Waals surface area contributed by atoms with Crippen molar-refractivity contribution < 1.29 is 27.1 Å². The Morgan fingerprint density at radius 2 is 1.86 bits per heavy atom. The molecule has 0 radical (unpaired) electrons. The SMILES string of the molecule is N#Cc1c(N)sc2c(F)ccc(-c3c(Cl)cc4c(N5CC6(CCN(C(=O)C7CC7(F)F)C6)C5)nc(OCC56CCCN5CCC6)nc4c3F)c12. The Hall–Kier alpha value is -3.93. The number of nitrogens with two attached hydrogens (primary N) is 1. The average molecular weight is 726 g/mol. The topological polar surface area (TPSA) is 112 Å². The van der Waals surface area contributed by atoms with E-state index < -0.39 is 35.8 Å². The fraction of sp³-hybridized carbons (Fsp3) is 0.486. The Balaban J connectivity index is 1.11. The van der Waals surface area contributed by atoms with Crippen molar-refractivity contribution in [2.75, 3.05) is 56.5 Å². The van der Waals surface area contributed by atoms with Gasteiger partial charge in [0.25, 0.3) is 5.92 Å². The summed E-state index contributed by atoms with van der Waals surface area (Å²) in [5.74, 6) is -5.60. The number of hydrogen-bond acceptors (Lipinski definition) is 9. The Labute approximate surface area is 293 Å². The van der Waals surface area contributed by atoms with Gasteiger partial charge in [0, 0.05) is 54.4 Å². The number of ether oxygens (including phenoxy) is 1. The molecule has 15 heteroatoms. The maximum atomic E-state index is 17.0. The molecule has 1 spiro atoms. The first kappa shape index (κ1) is 32.0. The number of alkyl halides is 2. The molecule has 1 saturated carbocycles. The highest BCUT2D eigenvalue weighted by molar-refractivity contribution is 7.23. The number of benzene rings is 2. The lowest BCUT2D eigenvalue weighted by Gasteiger charge is -2.49. The number of thiophene rings is 1. The van der Waals surface area contributed by atoms with Crippen LogP contribution in [0.1, 0.15) is 44.1 Å². The number of halogens is 5. The van der Waals surface area contributed by atoms with Crippen LogP contribution in [0, 0.1) is 34.3 Å². The zero-order valence-electron chi connectivity index (χ0n) is 26.9. The second-order valence-corrected chi connectivity index (χ2v) is 16.1. The van der Waals surface area contributed by atoms with Crippen molar-refractivity contribution in [2.24, 2.45) is 11.3 Å². The van der Waals surface area contributed by atoms with E-state index in [9.17, 15) is 23.2 Å². The van der Waals surface area contributed by atoms with Gasteiger partial charge in [0.05, 0.1) is 20.8 Å².